The number of ether oxygens (including phenoxy) is 2. The van der Waals surface area contributed by atoms with Crippen LogP contribution >= 0.6 is 0 Å². The van der Waals surface area contributed by atoms with Crippen molar-refractivity contribution in [2.45, 2.75) is 6.92 Å². The molecule has 2 aromatic carbocycles. The smallest absolute Gasteiger partial charge is 0.335 e. The molecule has 2 aliphatic heterocycles. The molecule has 4 amide bonds. The first-order chi connectivity index (χ1) is 15.0. The summed E-state index contributed by atoms with van der Waals surface area (Å²) in [6.45, 7) is 2.05. The van der Waals surface area contributed by atoms with E-state index in [1.54, 1.807) is 18.2 Å². The lowest BCUT2D eigenvalue weighted by Gasteiger charge is -2.26. The molecule has 3 heterocycles. The number of benzene rings is 2. The van der Waals surface area contributed by atoms with E-state index in [0.717, 1.165) is 16.2 Å². The maximum Gasteiger partial charge on any atom is 0.335 e. The summed E-state index contributed by atoms with van der Waals surface area (Å²) in [5.74, 6) is -0.515. The maximum absolute atomic E-state index is 13.2. The minimum atomic E-state index is -0.819. The fraction of sp³-hybridized carbons (Fsp3) is 0.0870. The summed E-state index contributed by atoms with van der Waals surface area (Å²) in [6, 6.07) is 15.3. The van der Waals surface area contributed by atoms with Gasteiger partial charge in [0, 0.05) is 23.6 Å². The van der Waals surface area contributed by atoms with Gasteiger partial charge in [0.1, 0.15) is 5.57 Å². The highest BCUT2D eigenvalue weighted by molar-refractivity contribution is 6.39. The van der Waals surface area contributed by atoms with E-state index in [0.29, 0.717) is 17.2 Å². The number of anilines is 1. The zero-order valence-corrected chi connectivity index (χ0v) is 16.5. The average molecular weight is 415 g/mol. The summed E-state index contributed by atoms with van der Waals surface area (Å²) < 4.78 is 12.5. The van der Waals surface area contributed by atoms with Crippen LogP contribution in [0.4, 0.5) is 10.5 Å². The number of urea groups is 1. The Morgan fingerprint density at radius 2 is 1.77 bits per heavy atom. The summed E-state index contributed by atoms with van der Waals surface area (Å²) in [5.41, 5.74) is 2.73. The largest absolute Gasteiger partial charge is 0.454 e. The predicted molar refractivity (Wildman–Crippen MR) is 112 cm³/mol. The van der Waals surface area contributed by atoms with Crippen LogP contribution < -0.4 is 19.7 Å². The van der Waals surface area contributed by atoms with Crippen LogP contribution in [0, 0.1) is 6.92 Å². The zero-order chi connectivity index (χ0) is 21.5. The third kappa shape index (κ3) is 3.24. The Kier molecular flexibility index (Phi) is 4.32. The van der Waals surface area contributed by atoms with E-state index in [1.807, 2.05) is 48.0 Å². The van der Waals surface area contributed by atoms with E-state index < -0.39 is 17.8 Å². The Labute approximate surface area is 177 Å². The first-order valence-electron chi connectivity index (χ1n) is 9.57. The van der Waals surface area contributed by atoms with E-state index in [-0.39, 0.29) is 18.1 Å². The van der Waals surface area contributed by atoms with Crippen molar-refractivity contribution < 1.29 is 23.9 Å². The second-order valence-electron chi connectivity index (χ2n) is 7.14. The maximum atomic E-state index is 13.2. The number of aryl methyl sites for hydroxylation is 1. The molecule has 2 aliphatic rings. The van der Waals surface area contributed by atoms with Crippen molar-refractivity contribution in [3.8, 4) is 17.2 Å². The lowest BCUT2D eigenvalue weighted by Crippen LogP contribution is -2.54. The van der Waals surface area contributed by atoms with Crippen molar-refractivity contribution in [3.63, 3.8) is 0 Å². The monoisotopic (exact) mass is 415 g/mol. The molecule has 31 heavy (non-hydrogen) atoms. The van der Waals surface area contributed by atoms with Crippen molar-refractivity contribution in [1.29, 1.82) is 0 Å². The molecule has 0 saturated carbocycles. The van der Waals surface area contributed by atoms with Gasteiger partial charge in [-0.1, -0.05) is 12.1 Å². The average Bonchev–Trinajstić information content (AvgIpc) is 3.40. The summed E-state index contributed by atoms with van der Waals surface area (Å²) >= 11 is 0. The number of amides is 4. The molecule has 1 N–H and O–H groups in total. The lowest BCUT2D eigenvalue weighted by atomic mass is 10.1. The fourth-order valence-corrected chi connectivity index (χ4v) is 3.59. The summed E-state index contributed by atoms with van der Waals surface area (Å²) in [4.78, 5) is 39.0. The molecule has 5 rings (SSSR count). The minimum absolute atomic E-state index is 0.0680. The standard InChI is InChI=1S/C23H17N3O5/c1-14-4-2-5-15(10-14)25-9-3-6-16(25)11-18-21(27)24-23(29)26(22(18)28)17-7-8-19-20(12-17)31-13-30-19/h2-12H,13H2,1H3,(H,24,27,29)/b18-11+. The van der Waals surface area contributed by atoms with Crippen LogP contribution in [-0.4, -0.2) is 29.2 Å². The van der Waals surface area contributed by atoms with Gasteiger partial charge in [-0.05, 0) is 55.0 Å². The predicted octanol–water partition coefficient (Wildman–Crippen LogP) is 3.18. The molecule has 0 unspecified atom stereocenters. The molecule has 8 heteroatoms. The van der Waals surface area contributed by atoms with Gasteiger partial charge in [-0.15, -0.1) is 0 Å². The number of barbiturate groups is 1. The van der Waals surface area contributed by atoms with Crippen molar-refractivity contribution >= 4 is 29.6 Å². The summed E-state index contributed by atoms with van der Waals surface area (Å²) in [5, 5.41) is 2.23. The first kappa shape index (κ1) is 18.7. The number of nitrogens with one attached hydrogen (secondary N) is 1. The first-order valence-corrected chi connectivity index (χ1v) is 9.57. The van der Waals surface area contributed by atoms with E-state index in [1.165, 1.54) is 12.1 Å². The van der Waals surface area contributed by atoms with Crippen molar-refractivity contribution in [2.75, 3.05) is 11.7 Å². The lowest BCUT2D eigenvalue weighted by molar-refractivity contribution is -0.122. The Morgan fingerprint density at radius 1 is 0.935 bits per heavy atom. The molecule has 3 aromatic rings. The highest BCUT2D eigenvalue weighted by Gasteiger charge is 2.37. The highest BCUT2D eigenvalue weighted by atomic mass is 16.7. The summed E-state index contributed by atoms with van der Waals surface area (Å²) in [6.07, 6.45) is 3.32. The van der Waals surface area contributed by atoms with Crippen LogP contribution in [0.5, 0.6) is 11.5 Å². The molecule has 0 aliphatic carbocycles. The number of hydrogen-bond donors (Lipinski definition) is 1. The van der Waals surface area contributed by atoms with Crippen LogP contribution in [0.1, 0.15) is 11.3 Å². The Bertz CT molecular complexity index is 1270. The summed E-state index contributed by atoms with van der Waals surface area (Å²) in [7, 11) is 0. The van der Waals surface area contributed by atoms with Gasteiger partial charge in [-0.25, -0.2) is 9.69 Å². The second kappa shape index (κ2) is 7.17. The molecule has 0 atom stereocenters. The van der Waals surface area contributed by atoms with Gasteiger partial charge in [0.15, 0.2) is 11.5 Å². The molecule has 8 nitrogen and oxygen atoms in total. The van der Waals surface area contributed by atoms with Gasteiger partial charge >= 0.3 is 6.03 Å². The second-order valence-corrected chi connectivity index (χ2v) is 7.14. The van der Waals surface area contributed by atoms with Crippen molar-refractivity contribution in [3.05, 3.63) is 77.6 Å². The molecule has 154 valence electrons. The third-order valence-electron chi connectivity index (χ3n) is 5.07. The van der Waals surface area contributed by atoms with Crippen LogP contribution in [0.15, 0.2) is 66.4 Å². The number of nitrogens with zero attached hydrogens (tertiary/aromatic N) is 2. The number of fused-ring (bicyclic) bond motifs is 1. The third-order valence-corrected chi connectivity index (χ3v) is 5.07. The van der Waals surface area contributed by atoms with E-state index in [9.17, 15) is 14.4 Å². The van der Waals surface area contributed by atoms with Crippen LogP contribution in [0.25, 0.3) is 11.8 Å². The molecule has 1 saturated heterocycles. The molecular weight excluding hydrogens is 398 g/mol. The van der Waals surface area contributed by atoms with Gasteiger partial charge < -0.3 is 14.0 Å². The van der Waals surface area contributed by atoms with Crippen LogP contribution in [0.2, 0.25) is 0 Å². The Hall–Kier alpha value is -4.33. The number of carbonyl (C=O) groups is 3. The molecule has 0 bridgehead atoms. The number of aromatic nitrogens is 1. The fourth-order valence-electron chi connectivity index (χ4n) is 3.59. The van der Waals surface area contributed by atoms with Gasteiger partial charge in [0.2, 0.25) is 6.79 Å². The number of rotatable bonds is 3. The number of carbonyl (C=O) groups excluding carboxylic acids is 3. The molecular formula is C23H17N3O5. The minimum Gasteiger partial charge on any atom is -0.454 e. The Morgan fingerprint density at radius 3 is 2.61 bits per heavy atom. The number of hydrogen-bond acceptors (Lipinski definition) is 5. The molecule has 0 radical (unpaired) electrons. The van der Waals surface area contributed by atoms with E-state index >= 15 is 0 Å². The van der Waals surface area contributed by atoms with E-state index in [2.05, 4.69) is 5.32 Å². The van der Waals surface area contributed by atoms with E-state index in [4.69, 9.17) is 9.47 Å². The van der Waals surface area contributed by atoms with Crippen LogP contribution in [-0.2, 0) is 9.59 Å². The SMILES string of the molecule is Cc1cccc(-n2cccc2/C=C2\C(=O)NC(=O)N(c3ccc4c(c3)OCO4)C2=O)c1. The van der Waals surface area contributed by atoms with Gasteiger partial charge in [0.25, 0.3) is 11.8 Å². The van der Waals surface area contributed by atoms with Gasteiger partial charge in [0.05, 0.1) is 5.69 Å². The van der Waals surface area contributed by atoms with Gasteiger partial charge in [-0.3, -0.25) is 14.9 Å². The van der Waals surface area contributed by atoms with Crippen molar-refractivity contribution in [2.24, 2.45) is 0 Å². The molecule has 1 aromatic heterocycles. The zero-order valence-electron chi connectivity index (χ0n) is 16.5. The number of imide groups is 2. The quantitative estimate of drug-likeness (QED) is 0.524. The normalized spacial score (nSPS) is 16.7. The van der Waals surface area contributed by atoms with Crippen LogP contribution in [0.3, 0.4) is 0 Å². The van der Waals surface area contributed by atoms with Crippen molar-refractivity contribution in [1.82, 2.24) is 9.88 Å². The highest BCUT2D eigenvalue weighted by Crippen LogP contribution is 2.36. The molecule has 0 spiro atoms. The topological polar surface area (TPSA) is 89.9 Å². The molecule has 1 fully saturated rings. The Balaban J connectivity index is 1.54. The van der Waals surface area contributed by atoms with Gasteiger partial charge in [-0.2, -0.15) is 0 Å².